The van der Waals surface area contributed by atoms with Crippen LogP contribution in [-0.4, -0.2) is 4.57 Å². The van der Waals surface area contributed by atoms with Crippen LogP contribution in [0.5, 0.6) is 0 Å². The fraction of sp³-hybridized carbons (Fsp3) is 0.467. The standard InChI is InChI=1S/C15H20N2/c1-10-11-6-4-5-7-12(11)17-9-8-15(2,3)14(16)13(10)17/h4-7,14H,8-9,16H2,1-3H3. The molecule has 0 saturated heterocycles. The first-order valence-corrected chi connectivity index (χ1v) is 6.36. The molecule has 0 radical (unpaired) electrons. The number of fused-ring (bicyclic) bond motifs is 3. The van der Waals surface area contributed by atoms with Crippen LogP contribution < -0.4 is 5.73 Å². The molecule has 90 valence electrons. The minimum Gasteiger partial charge on any atom is -0.343 e. The summed E-state index contributed by atoms with van der Waals surface area (Å²) in [5.41, 5.74) is 10.7. The predicted octanol–water partition coefficient (Wildman–Crippen LogP) is 3.38. The molecule has 1 aromatic carbocycles. The number of hydrogen-bond donors (Lipinski definition) is 1. The first kappa shape index (κ1) is 10.8. The monoisotopic (exact) mass is 228 g/mol. The van der Waals surface area contributed by atoms with Crippen molar-refractivity contribution >= 4 is 10.9 Å². The molecule has 2 aromatic rings. The number of aromatic nitrogens is 1. The van der Waals surface area contributed by atoms with E-state index in [0.29, 0.717) is 0 Å². The van der Waals surface area contributed by atoms with Crippen LogP contribution in [0.25, 0.3) is 10.9 Å². The third-order valence-corrected chi connectivity index (χ3v) is 4.39. The molecule has 0 saturated carbocycles. The molecular weight excluding hydrogens is 208 g/mol. The second kappa shape index (κ2) is 3.36. The van der Waals surface area contributed by atoms with Crippen molar-refractivity contribution in [2.75, 3.05) is 0 Å². The molecular formula is C15H20N2. The van der Waals surface area contributed by atoms with E-state index in [9.17, 15) is 0 Å². The Labute approximate surface area is 102 Å². The van der Waals surface area contributed by atoms with E-state index in [1.165, 1.54) is 22.2 Å². The van der Waals surface area contributed by atoms with Gasteiger partial charge in [-0.15, -0.1) is 0 Å². The highest BCUT2D eigenvalue weighted by molar-refractivity contribution is 5.85. The zero-order valence-electron chi connectivity index (χ0n) is 10.8. The molecule has 1 aliphatic rings. The fourth-order valence-corrected chi connectivity index (χ4v) is 3.06. The molecule has 1 aromatic heterocycles. The highest BCUT2D eigenvalue weighted by atomic mass is 15.0. The summed E-state index contributed by atoms with van der Waals surface area (Å²) < 4.78 is 2.42. The fourth-order valence-electron chi connectivity index (χ4n) is 3.06. The topological polar surface area (TPSA) is 30.9 Å². The van der Waals surface area contributed by atoms with Crippen molar-refractivity contribution in [2.45, 2.75) is 39.8 Å². The van der Waals surface area contributed by atoms with Crippen molar-refractivity contribution in [3.05, 3.63) is 35.5 Å². The van der Waals surface area contributed by atoms with Gasteiger partial charge in [0.2, 0.25) is 0 Å². The van der Waals surface area contributed by atoms with Gasteiger partial charge in [0.1, 0.15) is 0 Å². The molecule has 2 heterocycles. The van der Waals surface area contributed by atoms with Gasteiger partial charge in [-0.2, -0.15) is 0 Å². The van der Waals surface area contributed by atoms with E-state index < -0.39 is 0 Å². The molecule has 2 N–H and O–H groups in total. The maximum absolute atomic E-state index is 6.47. The van der Waals surface area contributed by atoms with Gasteiger partial charge in [-0.25, -0.2) is 0 Å². The Kier molecular flexibility index (Phi) is 2.14. The van der Waals surface area contributed by atoms with Gasteiger partial charge >= 0.3 is 0 Å². The van der Waals surface area contributed by atoms with E-state index in [1.54, 1.807) is 0 Å². The number of para-hydroxylation sites is 1. The molecule has 3 rings (SSSR count). The molecule has 0 amide bonds. The van der Waals surface area contributed by atoms with Crippen LogP contribution in [-0.2, 0) is 6.54 Å². The van der Waals surface area contributed by atoms with Gasteiger partial charge in [0.25, 0.3) is 0 Å². The lowest BCUT2D eigenvalue weighted by atomic mass is 9.77. The average Bonchev–Trinajstić information content (AvgIpc) is 2.59. The molecule has 0 aliphatic carbocycles. The van der Waals surface area contributed by atoms with Crippen LogP contribution in [0.15, 0.2) is 24.3 Å². The Balaban J connectivity index is 2.33. The Morgan fingerprint density at radius 1 is 1.29 bits per heavy atom. The molecule has 2 heteroatoms. The number of rotatable bonds is 0. The Morgan fingerprint density at radius 3 is 2.76 bits per heavy atom. The summed E-state index contributed by atoms with van der Waals surface area (Å²) in [5, 5.41) is 1.36. The molecule has 17 heavy (non-hydrogen) atoms. The van der Waals surface area contributed by atoms with Crippen LogP contribution in [0.1, 0.15) is 37.6 Å². The van der Waals surface area contributed by atoms with Gasteiger partial charge in [0.15, 0.2) is 0 Å². The molecule has 1 unspecified atom stereocenters. The first-order chi connectivity index (χ1) is 8.02. The molecule has 0 spiro atoms. The van der Waals surface area contributed by atoms with Crippen molar-refractivity contribution in [3.63, 3.8) is 0 Å². The van der Waals surface area contributed by atoms with E-state index in [1.807, 2.05) is 0 Å². The summed E-state index contributed by atoms with van der Waals surface area (Å²) in [7, 11) is 0. The largest absolute Gasteiger partial charge is 0.343 e. The second-order valence-corrected chi connectivity index (χ2v) is 5.90. The van der Waals surface area contributed by atoms with Crippen LogP contribution in [0.2, 0.25) is 0 Å². The minimum atomic E-state index is 0.142. The normalized spacial score (nSPS) is 22.7. The summed E-state index contributed by atoms with van der Waals surface area (Å²) in [5.74, 6) is 0. The third-order valence-electron chi connectivity index (χ3n) is 4.39. The third kappa shape index (κ3) is 1.37. The quantitative estimate of drug-likeness (QED) is 0.736. The Bertz CT molecular complexity index is 578. The maximum Gasteiger partial charge on any atom is 0.0505 e. The zero-order valence-corrected chi connectivity index (χ0v) is 10.8. The molecule has 1 aliphatic heterocycles. The summed E-state index contributed by atoms with van der Waals surface area (Å²) >= 11 is 0. The van der Waals surface area contributed by atoms with Crippen molar-refractivity contribution in [1.29, 1.82) is 0 Å². The number of nitrogens with two attached hydrogens (primary N) is 1. The maximum atomic E-state index is 6.47. The summed E-state index contributed by atoms with van der Waals surface area (Å²) in [6, 6.07) is 8.77. The van der Waals surface area contributed by atoms with Gasteiger partial charge < -0.3 is 10.3 Å². The SMILES string of the molecule is Cc1c2n(c3ccccc13)CCC(C)(C)C2N. The van der Waals surface area contributed by atoms with E-state index in [0.717, 1.165) is 13.0 Å². The van der Waals surface area contributed by atoms with Gasteiger partial charge in [-0.1, -0.05) is 32.0 Å². The molecule has 1 atom stereocenters. The highest BCUT2D eigenvalue weighted by Crippen LogP contribution is 2.43. The van der Waals surface area contributed by atoms with Gasteiger partial charge in [0, 0.05) is 23.1 Å². The molecule has 0 bridgehead atoms. The van der Waals surface area contributed by atoms with Crippen molar-refractivity contribution in [3.8, 4) is 0 Å². The lowest BCUT2D eigenvalue weighted by molar-refractivity contribution is 0.213. The number of hydrogen-bond acceptors (Lipinski definition) is 1. The van der Waals surface area contributed by atoms with E-state index in [2.05, 4.69) is 49.6 Å². The van der Waals surface area contributed by atoms with E-state index in [4.69, 9.17) is 5.73 Å². The number of aryl methyl sites for hydroxylation is 2. The van der Waals surface area contributed by atoms with Crippen LogP contribution >= 0.6 is 0 Å². The number of benzene rings is 1. The lowest BCUT2D eigenvalue weighted by Gasteiger charge is -2.38. The second-order valence-electron chi connectivity index (χ2n) is 5.90. The van der Waals surface area contributed by atoms with Crippen molar-refractivity contribution in [2.24, 2.45) is 11.1 Å². The van der Waals surface area contributed by atoms with Crippen LogP contribution in [0.3, 0.4) is 0 Å². The minimum absolute atomic E-state index is 0.142. The molecule has 2 nitrogen and oxygen atoms in total. The van der Waals surface area contributed by atoms with Crippen LogP contribution in [0, 0.1) is 12.3 Å². The van der Waals surface area contributed by atoms with Gasteiger partial charge in [-0.3, -0.25) is 0 Å². The van der Waals surface area contributed by atoms with Crippen LogP contribution in [0.4, 0.5) is 0 Å². The summed E-state index contributed by atoms with van der Waals surface area (Å²) in [4.78, 5) is 0. The van der Waals surface area contributed by atoms with Crippen molar-refractivity contribution < 1.29 is 0 Å². The zero-order chi connectivity index (χ0) is 12.2. The predicted molar refractivity (Wildman–Crippen MR) is 72.0 cm³/mol. The Morgan fingerprint density at radius 2 is 2.00 bits per heavy atom. The first-order valence-electron chi connectivity index (χ1n) is 6.36. The van der Waals surface area contributed by atoms with Gasteiger partial charge in [-0.05, 0) is 30.4 Å². The van der Waals surface area contributed by atoms with Crippen molar-refractivity contribution in [1.82, 2.24) is 4.57 Å². The Hall–Kier alpha value is -1.28. The lowest BCUT2D eigenvalue weighted by Crippen LogP contribution is -2.36. The smallest absolute Gasteiger partial charge is 0.0505 e. The highest BCUT2D eigenvalue weighted by Gasteiger charge is 2.35. The van der Waals surface area contributed by atoms with Gasteiger partial charge in [0.05, 0.1) is 6.04 Å². The average molecular weight is 228 g/mol. The van der Waals surface area contributed by atoms with E-state index in [-0.39, 0.29) is 11.5 Å². The summed E-state index contributed by atoms with van der Waals surface area (Å²) in [6.07, 6.45) is 1.15. The van der Waals surface area contributed by atoms with E-state index >= 15 is 0 Å². The summed E-state index contributed by atoms with van der Waals surface area (Å²) in [6.45, 7) is 7.84. The number of nitrogens with zero attached hydrogens (tertiary/aromatic N) is 1. The molecule has 0 fully saturated rings.